The third-order valence-electron chi connectivity index (χ3n) is 6.78. The van der Waals surface area contributed by atoms with Gasteiger partial charge in [0.05, 0.1) is 22.6 Å². The van der Waals surface area contributed by atoms with E-state index in [0.717, 1.165) is 42.6 Å². The predicted molar refractivity (Wildman–Crippen MR) is 129 cm³/mol. The zero-order valence-corrected chi connectivity index (χ0v) is 19.3. The molecule has 0 radical (unpaired) electrons. The molecule has 2 aromatic carbocycles. The Kier molecular flexibility index (Phi) is 6.37. The topological polar surface area (TPSA) is 65.3 Å². The van der Waals surface area contributed by atoms with Crippen molar-refractivity contribution in [3.05, 3.63) is 35.9 Å². The van der Waals surface area contributed by atoms with Gasteiger partial charge in [0.25, 0.3) is 0 Å². The van der Waals surface area contributed by atoms with Gasteiger partial charge in [-0.3, -0.25) is 0 Å². The Morgan fingerprint density at radius 1 is 1.09 bits per heavy atom. The lowest BCUT2D eigenvalue weighted by Crippen LogP contribution is -2.31. The van der Waals surface area contributed by atoms with Crippen LogP contribution < -0.4 is 26.6 Å². The number of halogens is 3. The van der Waals surface area contributed by atoms with Crippen molar-refractivity contribution in [2.45, 2.75) is 47.7 Å². The van der Waals surface area contributed by atoms with Crippen LogP contribution >= 0.6 is 11.8 Å². The van der Waals surface area contributed by atoms with Crippen molar-refractivity contribution in [1.82, 2.24) is 5.32 Å². The number of piperidine rings is 1. The highest BCUT2D eigenvalue weighted by Crippen LogP contribution is 2.51. The van der Waals surface area contributed by atoms with Gasteiger partial charge < -0.3 is 26.6 Å². The van der Waals surface area contributed by atoms with Crippen LogP contribution in [0.5, 0.6) is 0 Å². The quantitative estimate of drug-likeness (QED) is 0.332. The summed E-state index contributed by atoms with van der Waals surface area (Å²) in [6, 6.07) is 9.40. The smallest absolute Gasteiger partial charge is 0.383 e. The number of nitrogens with two attached hydrogens (primary N) is 1. The molecule has 2 bridgehead atoms. The molecule has 1 saturated heterocycles. The second kappa shape index (κ2) is 9.27. The van der Waals surface area contributed by atoms with E-state index in [2.05, 4.69) is 39.0 Å². The number of hydrogen-bond donors (Lipinski definition) is 4. The lowest BCUT2D eigenvalue weighted by Gasteiger charge is -2.31. The summed E-state index contributed by atoms with van der Waals surface area (Å²) in [4.78, 5) is 4.04. The zero-order chi connectivity index (χ0) is 23.0. The van der Waals surface area contributed by atoms with E-state index in [1.54, 1.807) is 0 Å². The van der Waals surface area contributed by atoms with Crippen LogP contribution in [0.3, 0.4) is 0 Å². The molecule has 2 aromatic rings. The predicted octanol–water partition coefficient (Wildman–Crippen LogP) is 5.25. The monoisotopic (exact) mass is 477 g/mol. The summed E-state index contributed by atoms with van der Waals surface area (Å²) >= 11 is 1.41. The Bertz CT molecular complexity index is 1010. The first-order chi connectivity index (χ1) is 15.9. The van der Waals surface area contributed by atoms with Crippen LogP contribution in [0, 0.1) is 5.92 Å². The molecule has 2 aliphatic heterocycles. The number of hydrogen-bond acceptors (Lipinski definition) is 6. The first-order valence-corrected chi connectivity index (χ1v) is 12.5. The van der Waals surface area contributed by atoms with Crippen LogP contribution in [-0.4, -0.2) is 38.8 Å². The summed E-state index contributed by atoms with van der Waals surface area (Å²) in [6.45, 7) is 3.72. The molecular weight excluding hydrogens is 447 g/mol. The molecule has 5 nitrogen and oxygen atoms in total. The van der Waals surface area contributed by atoms with E-state index in [1.165, 1.54) is 48.8 Å². The van der Waals surface area contributed by atoms with E-state index in [4.69, 9.17) is 5.73 Å². The first kappa shape index (κ1) is 22.7. The Hall–Kier alpha value is -2.10. The molecule has 9 heteroatoms. The number of nitrogens with one attached hydrogen (secondary N) is 3. The Labute approximate surface area is 196 Å². The third-order valence-corrected chi connectivity index (χ3v) is 7.88. The molecule has 2 unspecified atom stereocenters. The highest BCUT2D eigenvalue weighted by Gasteiger charge is 2.38. The highest BCUT2D eigenvalue weighted by molar-refractivity contribution is 7.99. The van der Waals surface area contributed by atoms with Crippen LogP contribution in [0.15, 0.2) is 40.1 Å². The van der Waals surface area contributed by atoms with E-state index in [0.29, 0.717) is 35.4 Å². The molecule has 178 valence electrons. The SMILES string of the molecule is NCCNCCCNc1cc(C(F)(F)F)cc2c1Nc1ccc(N3CC4CCC3C4)cc1S2. The van der Waals surface area contributed by atoms with Gasteiger partial charge in [0.1, 0.15) is 0 Å². The van der Waals surface area contributed by atoms with Crippen LogP contribution in [0.1, 0.15) is 31.2 Å². The fourth-order valence-electron chi connectivity index (χ4n) is 5.16. The van der Waals surface area contributed by atoms with Crippen molar-refractivity contribution in [3.8, 4) is 0 Å². The molecule has 1 saturated carbocycles. The minimum absolute atomic E-state index is 0.484. The van der Waals surface area contributed by atoms with Crippen LogP contribution in [0.4, 0.5) is 35.9 Å². The van der Waals surface area contributed by atoms with Gasteiger partial charge in [-0.2, -0.15) is 13.2 Å². The van der Waals surface area contributed by atoms with Gasteiger partial charge in [0.2, 0.25) is 0 Å². The molecule has 0 aromatic heterocycles. The Balaban J connectivity index is 1.37. The largest absolute Gasteiger partial charge is 0.416 e. The Morgan fingerprint density at radius 3 is 2.70 bits per heavy atom. The molecule has 0 amide bonds. The summed E-state index contributed by atoms with van der Waals surface area (Å²) in [6.07, 6.45) is 0.204. The molecule has 0 spiro atoms. The number of anilines is 4. The minimum atomic E-state index is -4.40. The number of rotatable bonds is 8. The highest BCUT2D eigenvalue weighted by atomic mass is 32.2. The van der Waals surface area contributed by atoms with Gasteiger partial charge in [0.15, 0.2) is 0 Å². The molecule has 5 N–H and O–H groups in total. The lowest BCUT2D eigenvalue weighted by molar-refractivity contribution is -0.137. The normalized spacial score (nSPS) is 21.0. The van der Waals surface area contributed by atoms with Gasteiger partial charge in [-0.25, -0.2) is 0 Å². The number of alkyl halides is 3. The standard InChI is InChI=1S/C24H30F3N5S/c25-24(26,27)16-11-20(30-8-1-7-29-9-6-28)23-22(12-16)33-21-13-18(4-5-19(21)31-23)32-14-15-2-3-17(32)10-15/h4-5,11-13,15,17,29-31H,1-3,6-10,14,28H2. The van der Waals surface area contributed by atoms with E-state index in [9.17, 15) is 13.2 Å². The Morgan fingerprint density at radius 2 is 1.97 bits per heavy atom. The van der Waals surface area contributed by atoms with Crippen LogP contribution in [0.25, 0.3) is 0 Å². The summed E-state index contributed by atoms with van der Waals surface area (Å²) in [5.74, 6) is 0.783. The molecule has 5 rings (SSSR count). The molecule has 2 atom stereocenters. The fourth-order valence-corrected chi connectivity index (χ4v) is 6.26. The maximum Gasteiger partial charge on any atom is 0.416 e. The van der Waals surface area contributed by atoms with E-state index in [1.807, 2.05) is 0 Å². The molecule has 3 aliphatic rings. The average molecular weight is 478 g/mol. The number of fused-ring (bicyclic) bond motifs is 4. The molecule has 1 aliphatic carbocycles. The van der Waals surface area contributed by atoms with Gasteiger partial charge >= 0.3 is 6.18 Å². The first-order valence-electron chi connectivity index (χ1n) is 11.7. The van der Waals surface area contributed by atoms with Gasteiger partial charge in [0, 0.05) is 47.7 Å². The summed E-state index contributed by atoms with van der Waals surface area (Å²) in [7, 11) is 0. The summed E-state index contributed by atoms with van der Waals surface area (Å²) in [5, 5.41) is 9.81. The van der Waals surface area contributed by atoms with Crippen LogP contribution in [-0.2, 0) is 6.18 Å². The molecule has 2 fully saturated rings. The molecular formula is C24H30F3N5S. The van der Waals surface area contributed by atoms with Gasteiger partial charge in [-0.1, -0.05) is 11.8 Å². The van der Waals surface area contributed by atoms with Crippen molar-refractivity contribution in [2.75, 3.05) is 48.3 Å². The fraction of sp³-hybridized carbons (Fsp3) is 0.500. The zero-order valence-electron chi connectivity index (χ0n) is 18.5. The van der Waals surface area contributed by atoms with Crippen molar-refractivity contribution < 1.29 is 13.2 Å². The second-order valence-electron chi connectivity index (χ2n) is 9.11. The van der Waals surface area contributed by atoms with E-state index >= 15 is 0 Å². The lowest BCUT2D eigenvalue weighted by atomic mass is 10.1. The third kappa shape index (κ3) is 4.76. The minimum Gasteiger partial charge on any atom is -0.383 e. The molecule has 2 heterocycles. The van der Waals surface area contributed by atoms with Crippen molar-refractivity contribution in [1.29, 1.82) is 0 Å². The van der Waals surface area contributed by atoms with Crippen molar-refractivity contribution >= 4 is 34.5 Å². The van der Waals surface area contributed by atoms with E-state index in [-0.39, 0.29) is 0 Å². The summed E-state index contributed by atoms with van der Waals surface area (Å²) in [5.41, 5.74) is 8.15. The number of nitrogens with zero attached hydrogens (tertiary/aromatic N) is 1. The summed E-state index contributed by atoms with van der Waals surface area (Å²) < 4.78 is 40.9. The van der Waals surface area contributed by atoms with Crippen molar-refractivity contribution in [3.63, 3.8) is 0 Å². The van der Waals surface area contributed by atoms with Crippen LogP contribution in [0.2, 0.25) is 0 Å². The number of benzene rings is 2. The maximum atomic E-state index is 13.6. The second-order valence-corrected chi connectivity index (χ2v) is 10.2. The van der Waals surface area contributed by atoms with E-state index < -0.39 is 11.7 Å². The van der Waals surface area contributed by atoms with Crippen molar-refractivity contribution in [2.24, 2.45) is 11.7 Å². The maximum absolute atomic E-state index is 13.6. The van der Waals surface area contributed by atoms with Gasteiger partial charge in [-0.15, -0.1) is 0 Å². The van der Waals surface area contributed by atoms with Gasteiger partial charge in [-0.05, 0) is 68.5 Å². The average Bonchev–Trinajstić information content (AvgIpc) is 3.43. The molecule has 33 heavy (non-hydrogen) atoms.